The van der Waals surface area contributed by atoms with E-state index in [-0.39, 0.29) is 0 Å². The fourth-order valence-corrected chi connectivity index (χ4v) is 4.98. The maximum absolute atomic E-state index is 13.3. The summed E-state index contributed by atoms with van der Waals surface area (Å²) in [6.07, 6.45) is 4.28. The van der Waals surface area contributed by atoms with E-state index in [0.29, 0.717) is 34.1 Å². The van der Waals surface area contributed by atoms with Crippen molar-refractivity contribution >= 4 is 10.0 Å². The second-order valence-electron chi connectivity index (χ2n) is 7.64. The lowest BCUT2D eigenvalue weighted by molar-refractivity contribution is 0.410. The van der Waals surface area contributed by atoms with Gasteiger partial charge in [0.15, 0.2) is 0 Å². The largest absolute Gasteiger partial charge is 0.496 e. The first kappa shape index (κ1) is 23.0. The van der Waals surface area contributed by atoms with Crippen molar-refractivity contribution in [2.24, 2.45) is 5.92 Å². The average molecular weight is 414 g/mol. The smallest absolute Gasteiger partial charge is 0.241 e. The molecular formula is C24H31NO3S. The van der Waals surface area contributed by atoms with Crippen molar-refractivity contribution in [1.29, 1.82) is 0 Å². The molecule has 29 heavy (non-hydrogen) atoms. The van der Waals surface area contributed by atoms with Gasteiger partial charge in [0, 0.05) is 0 Å². The van der Waals surface area contributed by atoms with Gasteiger partial charge in [-0.2, -0.15) is 0 Å². The number of benzene rings is 2. The summed E-state index contributed by atoms with van der Waals surface area (Å²) < 4.78 is 34.9. The number of nitrogens with one attached hydrogen (secondary N) is 1. The van der Waals surface area contributed by atoms with Gasteiger partial charge in [0.1, 0.15) is 5.75 Å². The summed E-state index contributed by atoms with van der Waals surface area (Å²) in [5.41, 5.74) is 6.39. The zero-order chi connectivity index (χ0) is 21.6. The molecule has 0 aliphatic carbocycles. The third kappa shape index (κ3) is 6.07. The van der Waals surface area contributed by atoms with Crippen LogP contribution in [0.4, 0.5) is 0 Å². The second kappa shape index (κ2) is 9.93. The zero-order valence-electron chi connectivity index (χ0n) is 18.1. The summed E-state index contributed by atoms with van der Waals surface area (Å²) in [5, 5.41) is 0. The van der Waals surface area contributed by atoms with Crippen LogP contribution in [-0.2, 0) is 16.4 Å². The Bertz CT molecular complexity index is 1000. The lowest BCUT2D eigenvalue weighted by Crippen LogP contribution is -2.35. The van der Waals surface area contributed by atoms with Crippen LogP contribution in [0.3, 0.4) is 0 Å². The third-order valence-electron chi connectivity index (χ3n) is 4.80. The Kier molecular flexibility index (Phi) is 7.86. The van der Waals surface area contributed by atoms with Gasteiger partial charge in [0.2, 0.25) is 10.0 Å². The first-order valence-corrected chi connectivity index (χ1v) is 11.3. The highest BCUT2D eigenvalue weighted by Crippen LogP contribution is 2.30. The lowest BCUT2D eigenvalue weighted by Gasteiger charge is -2.20. The molecule has 0 unspecified atom stereocenters. The van der Waals surface area contributed by atoms with Gasteiger partial charge in [-0.15, -0.1) is 5.73 Å². The van der Waals surface area contributed by atoms with Crippen LogP contribution in [0.15, 0.2) is 59.2 Å². The summed E-state index contributed by atoms with van der Waals surface area (Å²) in [4.78, 5) is 0.315. The van der Waals surface area contributed by atoms with Crippen LogP contribution >= 0.6 is 0 Å². The summed E-state index contributed by atoms with van der Waals surface area (Å²) in [6, 6.07) is 11.2. The van der Waals surface area contributed by atoms with Gasteiger partial charge >= 0.3 is 0 Å². The molecule has 2 aromatic carbocycles. The predicted octanol–water partition coefficient (Wildman–Crippen LogP) is 4.88. The van der Waals surface area contributed by atoms with Crippen molar-refractivity contribution in [3.63, 3.8) is 0 Å². The van der Waals surface area contributed by atoms with Crippen LogP contribution in [0.25, 0.3) is 0 Å². The molecule has 2 aromatic rings. The summed E-state index contributed by atoms with van der Waals surface area (Å²) in [7, 11) is -2.14. The van der Waals surface area contributed by atoms with Gasteiger partial charge in [-0.05, 0) is 73.6 Å². The molecule has 4 nitrogen and oxygen atoms in total. The molecule has 0 heterocycles. The molecule has 156 valence electrons. The van der Waals surface area contributed by atoms with Crippen LogP contribution in [0.5, 0.6) is 5.75 Å². The number of rotatable bonds is 8. The fraction of sp³-hybridized carbons (Fsp3) is 0.375. The highest BCUT2D eigenvalue weighted by atomic mass is 32.2. The molecule has 5 heteroatoms. The minimum atomic E-state index is -3.73. The summed E-state index contributed by atoms with van der Waals surface area (Å²) in [6.45, 7) is 9.61. The molecule has 1 atom stereocenters. The Balaban J connectivity index is 2.43. The van der Waals surface area contributed by atoms with E-state index < -0.39 is 16.1 Å². The SMILES string of the molecule is COc1cc(C)c(S(=O)(=O)N[C@H](C=C=CC(C)C)Cc2ccccc2)c(C)c1C. The van der Waals surface area contributed by atoms with E-state index in [0.717, 1.165) is 11.1 Å². The van der Waals surface area contributed by atoms with Gasteiger partial charge in [-0.3, -0.25) is 0 Å². The van der Waals surface area contributed by atoms with Crippen LogP contribution < -0.4 is 9.46 Å². The minimum Gasteiger partial charge on any atom is -0.496 e. The predicted molar refractivity (Wildman–Crippen MR) is 119 cm³/mol. The van der Waals surface area contributed by atoms with Crippen LogP contribution in [-0.4, -0.2) is 21.6 Å². The number of hydrogen-bond donors (Lipinski definition) is 1. The molecule has 0 amide bonds. The van der Waals surface area contributed by atoms with E-state index >= 15 is 0 Å². The molecule has 0 saturated carbocycles. The number of aryl methyl sites for hydroxylation is 1. The molecule has 0 saturated heterocycles. The minimum absolute atomic E-state index is 0.315. The van der Waals surface area contributed by atoms with Gasteiger partial charge in [0.05, 0.1) is 18.0 Å². The van der Waals surface area contributed by atoms with Gasteiger partial charge in [-0.1, -0.05) is 44.2 Å². The Morgan fingerprint density at radius 3 is 2.31 bits per heavy atom. The topological polar surface area (TPSA) is 55.4 Å². The molecule has 0 radical (unpaired) electrons. The lowest BCUT2D eigenvalue weighted by atomic mass is 10.1. The maximum Gasteiger partial charge on any atom is 0.241 e. The van der Waals surface area contributed by atoms with E-state index in [1.54, 1.807) is 26.2 Å². The Hall–Kier alpha value is -2.33. The monoisotopic (exact) mass is 413 g/mol. The highest BCUT2D eigenvalue weighted by molar-refractivity contribution is 7.89. The maximum atomic E-state index is 13.3. The Morgan fingerprint density at radius 1 is 1.07 bits per heavy atom. The van der Waals surface area contributed by atoms with Gasteiger partial charge in [-0.25, -0.2) is 13.1 Å². The standard InChI is InChI=1S/C24H31NO3S/c1-17(2)11-10-14-22(16-21-12-8-7-9-13-21)25-29(26,27)24-18(3)15-23(28-6)19(4)20(24)5/h7-9,11-15,17,22,25H,16H2,1-6H3/t10?,22-/m1/s1. The average Bonchev–Trinajstić information content (AvgIpc) is 2.64. The summed E-state index contributed by atoms with van der Waals surface area (Å²) >= 11 is 0. The van der Waals surface area contributed by atoms with E-state index in [1.807, 2.05) is 50.3 Å². The third-order valence-corrected chi connectivity index (χ3v) is 6.58. The highest BCUT2D eigenvalue weighted by Gasteiger charge is 2.25. The van der Waals surface area contributed by atoms with E-state index in [4.69, 9.17) is 4.74 Å². The van der Waals surface area contributed by atoms with Crippen LogP contribution in [0.2, 0.25) is 0 Å². The van der Waals surface area contributed by atoms with Gasteiger partial charge < -0.3 is 4.74 Å². The van der Waals surface area contributed by atoms with Gasteiger partial charge in [0.25, 0.3) is 0 Å². The Morgan fingerprint density at radius 2 is 1.72 bits per heavy atom. The number of methoxy groups -OCH3 is 1. The molecule has 2 rings (SSSR count). The zero-order valence-corrected chi connectivity index (χ0v) is 18.9. The Labute approximate surface area is 175 Å². The van der Waals surface area contributed by atoms with Crippen molar-refractivity contribution in [3.8, 4) is 5.75 Å². The van der Waals surface area contributed by atoms with Crippen molar-refractivity contribution < 1.29 is 13.2 Å². The molecule has 0 aliphatic heterocycles. The molecule has 0 spiro atoms. The van der Waals surface area contributed by atoms with E-state index in [2.05, 4.69) is 24.3 Å². The molecule has 0 fully saturated rings. The van der Waals surface area contributed by atoms with Crippen LogP contribution in [0.1, 0.15) is 36.1 Å². The summed E-state index contributed by atoms with van der Waals surface area (Å²) in [5.74, 6) is 1.04. The number of sulfonamides is 1. The molecular weight excluding hydrogens is 382 g/mol. The first-order chi connectivity index (χ1) is 13.7. The van der Waals surface area contributed by atoms with Crippen LogP contribution in [0, 0.1) is 26.7 Å². The normalized spacial score (nSPS) is 12.4. The molecule has 0 bridgehead atoms. The molecule has 0 aliphatic rings. The van der Waals surface area contributed by atoms with Crippen molar-refractivity contribution in [3.05, 3.63) is 76.5 Å². The molecule has 0 aromatic heterocycles. The quantitative estimate of drug-likeness (QED) is 0.628. The van der Waals surface area contributed by atoms with Crippen molar-refractivity contribution in [2.45, 2.75) is 52.0 Å². The fourth-order valence-electron chi connectivity index (χ4n) is 3.27. The van der Waals surface area contributed by atoms with E-state index in [1.165, 1.54) is 0 Å². The van der Waals surface area contributed by atoms with Crippen molar-refractivity contribution in [1.82, 2.24) is 4.72 Å². The molecule has 1 N–H and O–H groups in total. The second-order valence-corrected chi connectivity index (χ2v) is 9.29. The van der Waals surface area contributed by atoms with Crippen molar-refractivity contribution in [2.75, 3.05) is 7.11 Å². The van der Waals surface area contributed by atoms with E-state index in [9.17, 15) is 8.42 Å². The number of ether oxygens (including phenoxy) is 1. The number of hydrogen-bond acceptors (Lipinski definition) is 3. The first-order valence-electron chi connectivity index (χ1n) is 9.79.